The number of nitrogens with one attached hydrogen (secondary N) is 1. The van der Waals surface area contributed by atoms with Crippen LogP contribution >= 0.6 is 15.9 Å². The lowest BCUT2D eigenvalue weighted by atomic mass is 9.78. The van der Waals surface area contributed by atoms with E-state index in [1.807, 2.05) is 36.5 Å². The Kier molecular flexibility index (Phi) is 6.69. The monoisotopic (exact) mass is 549 g/mol. The van der Waals surface area contributed by atoms with E-state index in [1.54, 1.807) is 0 Å². The molecule has 1 atom stereocenters. The molecule has 35 heavy (non-hydrogen) atoms. The van der Waals surface area contributed by atoms with Gasteiger partial charge in [-0.1, -0.05) is 64.5 Å². The quantitative estimate of drug-likeness (QED) is 0.268. The van der Waals surface area contributed by atoms with E-state index in [0.717, 1.165) is 39.0 Å². The number of aryl methyl sites for hydroxylation is 1. The fourth-order valence-corrected chi connectivity index (χ4v) is 5.30. The number of nitrogens with zero attached hydrogens (tertiary/aromatic N) is 2. The van der Waals surface area contributed by atoms with Crippen LogP contribution in [0, 0.1) is 0 Å². The molecule has 1 aliphatic carbocycles. The van der Waals surface area contributed by atoms with Crippen molar-refractivity contribution in [3.63, 3.8) is 0 Å². The minimum Gasteiger partial charge on any atom is -0.324 e. The molecule has 6 nitrogen and oxygen atoms in total. The number of aromatic nitrogens is 2. The molecular formula is C27H24BrN3O3S. The van der Waals surface area contributed by atoms with Crippen molar-refractivity contribution in [2.45, 2.75) is 25.2 Å². The summed E-state index contributed by atoms with van der Waals surface area (Å²) in [6.07, 6.45) is 3.70. The lowest BCUT2D eigenvalue weighted by Crippen LogP contribution is -2.15. The molecule has 5 rings (SSSR count). The van der Waals surface area contributed by atoms with Gasteiger partial charge in [-0.3, -0.25) is 4.55 Å². The lowest BCUT2D eigenvalue weighted by Gasteiger charge is -2.27. The Hall–Kier alpha value is -3.07. The van der Waals surface area contributed by atoms with Crippen molar-refractivity contribution in [1.82, 2.24) is 9.97 Å². The van der Waals surface area contributed by atoms with E-state index in [9.17, 15) is 8.42 Å². The summed E-state index contributed by atoms with van der Waals surface area (Å²) in [5, 5.41) is 3.28. The van der Waals surface area contributed by atoms with Gasteiger partial charge in [0.15, 0.2) is 0 Å². The van der Waals surface area contributed by atoms with E-state index in [-0.39, 0.29) is 11.7 Å². The van der Waals surface area contributed by atoms with Crippen LogP contribution in [0.3, 0.4) is 0 Å². The second-order valence-electron chi connectivity index (χ2n) is 8.67. The Morgan fingerprint density at radius 1 is 1.00 bits per heavy atom. The average molecular weight is 550 g/mol. The number of fused-ring (bicyclic) bond motifs is 3. The first-order valence-corrected chi connectivity index (χ1v) is 13.8. The molecule has 0 spiro atoms. The van der Waals surface area contributed by atoms with Crippen molar-refractivity contribution < 1.29 is 13.0 Å². The first-order valence-electron chi connectivity index (χ1n) is 11.4. The van der Waals surface area contributed by atoms with E-state index in [2.05, 4.69) is 68.7 Å². The van der Waals surface area contributed by atoms with Gasteiger partial charge in [0.25, 0.3) is 10.1 Å². The molecule has 0 amide bonds. The third kappa shape index (κ3) is 5.61. The summed E-state index contributed by atoms with van der Waals surface area (Å²) in [6, 6.07) is 24.6. The Bertz CT molecular complexity index is 1460. The van der Waals surface area contributed by atoms with Crippen LogP contribution in [-0.4, -0.2) is 28.7 Å². The molecule has 0 unspecified atom stereocenters. The van der Waals surface area contributed by atoms with Gasteiger partial charge in [-0.2, -0.15) is 8.42 Å². The van der Waals surface area contributed by atoms with Crippen molar-refractivity contribution in [2.24, 2.45) is 0 Å². The number of rotatable bonds is 7. The van der Waals surface area contributed by atoms with Gasteiger partial charge in [-0.25, -0.2) is 9.97 Å². The summed E-state index contributed by atoms with van der Waals surface area (Å²) in [4.78, 5) is 9.44. The molecule has 0 fully saturated rings. The summed E-state index contributed by atoms with van der Waals surface area (Å²) in [6.45, 7) is 0. The van der Waals surface area contributed by atoms with Gasteiger partial charge < -0.3 is 5.32 Å². The van der Waals surface area contributed by atoms with Gasteiger partial charge in [0.2, 0.25) is 5.95 Å². The molecule has 0 saturated heterocycles. The minimum atomic E-state index is -3.92. The molecule has 178 valence electrons. The van der Waals surface area contributed by atoms with Crippen LogP contribution in [0.2, 0.25) is 0 Å². The van der Waals surface area contributed by atoms with E-state index in [0.29, 0.717) is 18.8 Å². The van der Waals surface area contributed by atoms with Crippen LogP contribution < -0.4 is 5.32 Å². The molecular weight excluding hydrogens is 526 g/mol. The van der Waals surface area contributed by atoms with Gasteiger partial charge in [0, 0.05) is 27.8 Å². The lowest BCUT2D eigenvalue weighted by molar-refractivity contribution is 0.481. The average Bonchev–Trinajstić information content (AvgIpc) is 2.85. The number of benzene rings is 3. The summed E-state index contributed by atoms with van der Waals surface area (Å²) in [5.74, 6) is 0.544. The Morgan fingerprint density at radius 2 is 1.74 bits per heavy atom. The zero-order valence-corrected chi connectivity index (χ0v) is 21.3. The van der Waals surface area contributed by atoms with Gasteiger partial charge in [-0.15, -0.1) is 0 Å². The fourth-order valence-electron chi connectivity index (χ4n) is 4.53. The van der Waals surface area contributed by atoms with Crippen LogP contribution in [0.1, 0.15) is 34.6 Å². The summed E-state index contributed by atoms with van der Waals surface area (Å²) in [5.41, 5.74) is 7.58. The molecule has 0 aliphatic heterocycles. The standard InChI is InChI=1S/C27H24BrN3O3S/c28-21-11-9-19(10-12-21)25-16-20-17-29-27(31-26(20)24-6-2-1-5-23(24)25)30-22-13-7-18(8-14-22)4-3-15-35(32,33)34/h1-2,5-14,17,25H,3-4,15-16H2,(H,29,30,31)(H,32,33,34)/t25-/m0/s1. The molecule has 0 radical (unpaired) electrons. The molecule has 0 bridgehead atoms. The third-order valence-electron chi connectivity index (χ3n) is 6.23. The SMILES string of the molecule is O=S(=O)(O)CCCc1ccc(Nc2ncc3c(n2)-c2ccccc2[C@H](c2ccc(Br)cc2)C3)cc1. The van der Waals surface area contributed by atoms with Crippen molar-refractivity contribution in [3.05, 3.63) is 106 Å². The predicted octanol–water partition coefficient (Wildman–Crippen LogP) is 6.16. The number of hydrogen-bond donors (Lipinski definition) is 2. The molecule has 1 heterocycles. The van der Waals surface area contributed by atoms with E-state index in [1.165, 1.54) is 11.1 Å². The zero-order valence-electron chi connectivity index (χ0n) is 18.9. The van der Waals surface area contributed by atoms with Crippen LogP contribution in [0.15, 0.2) is 83.5 Å². The second kappa shape index (κ2) is 9.89. The largest absolute Gasteiger partial charge is 0.324 e. The van der Waals surface area contributed by atoms with Crippen molar-refractivity contribution in [1.29, 1.82) is 0 Å². The summed E-state index contributed by atoms with van der Waals surface area (Å²) >= 11 is 3.53. The van der Waals surface area contributed by atoms with Gasteiger partial charge in [0.05, 0.1) is 11.4 Å². The Balaban J connectivity index is 1.36. The van der Waals surface area contributed by atoms with Gasteiger partial charge in [-0.05, 0) is 65.8 Å². The first-order chi connectivity index (χ1) is 16.9. The normalized spacial score (nSPS) is 14.7. The topological polar surface area (TPSA) is 92.2 Å². The van der Waals surface area contributed by atoms with Crippen LogP contribution in [0.4, 0.5) is 11.6 Å². The van der Waals surface area contributed by atoms with Gasteiger partial charge in [0.1, 0.15) is 0 Å². The maximum Gasteiger partial charge on any atom is 0.264 e. The second-order valence-corrected chi connectivity index (χ2v) is 11.2. The zero-order chi connectivity index (χ0) is 24.4. The van der Waals surface area contributed by atoms with Crippen molar-refractivity contribution in [2.75, 3.05) is 11.1 Å². The smallest absolute Gasteiger partial charge is 0.264 e. The number of hydrogen-bond acceptors (Lipinski definition) is 5. The highest BCUT2D eigenvalue weighted by atomic mass is 79.9. The van der Waals surface area contributed by atoms with Crippen molar-refractivity contribution >= 4 is 37.7 Å². The summed E-state index contributed by atoms with van der Waals surface area (Å²) < 4.78 is 31.7. The molecule has 0 saturated carbocycles. The number of anilines is 2. The molecule has 3 aromatic carbocycles. The highest BCUT2D eigenvalue weighted by molar-refractivity contribution is 9.10. The molecule has 1 aromatic heterocycles. The fraction of sp³-hybridized carbons (Fsp3) is 0.185. The van der Waals surface area contributed by atoms with E-state index < -0.39 is 10.1 Å². The van der Waals surface area contributed by atoms with E-state index >= 15 is 0 Å². The van der Waals surface area contributed by atoms with Crippen LogP contribution in [0.25, 0.3) is 11.3 Å². The maximum atomic E-state index is 10.9. The highest BCUT2D eigenvalue weighted by Gasteiger charge is 2.27. The first kappa shape index (κ1) is 23.7. The third-order valence-corrected chi connectivity index (χ3v) is 7.56. The predicted molar refractivity (Wildman–Crippen MR) is 142 cm³/mol. The highest BCUT2D eigenvalue weighted by Crippen LogP contribution is 2.42. The molecule has 4 aromatic rings. The number of halogens is 1. The molecule has 2 N–H and O–H groups in total. The molecule has 8 heteroatoms. The maximum absolute atomic E-state index is 10.9. The molecule has 1 aliphatic rings. The minimum absolute atomic E-state index is 0.236. The van der Waals surface area contributed by atoms with E-state index in [4.69, 9.17) is 9.54 Å². The van der Waals surface area contributed by atoms with Crippen LogP contribution in [-0.2, 0) is 23.0 Å². The van der Waals surface area contributed by atoms with Crippen LogP contribution in [0.5, 0.6) is 0 Å². The van der Waals surface area contributed by atoms with Crippen molar-refractivity contribution in [3.8, 4) is 11.3 Å². The Labute approximate surface area is 213 Å². The summed E-state index contributed by atoms with van der Waals surface area (Å²) in [7, 11) is -3.92. The Morgan fingerprint density at radius 3 is 2.49 bits per heavy atom. The van der Waals surface area contributed by atoms with Gasteiger partial charge >= 0.3 is 0 Å².